The molecule has 3 nitrogen and oxygen atoms in total. The molecule has 0 radical (unpaired) electrons. The van der Waals surface area contributed by atoms with Gasteiger partial charge in [-0.1, -0.05) is 12.8 Å². The van der Waals surface area contributed by atoms with E-state index in [4.69, 9.17) is 5.73 Å². The van der Waals surface area contributed by atoms with Crippen LogP contribution in [0.15, 0.2) is 0 Å². The maximum atomic E-state index is 12.0. The van der Waals surface area contributed by atoms with Crippen molar-refractivity contribution >= 4 is 17.7 Å². The molecule has 0 aliphatic carbocycles. The molecule has 0 atom stereocenters. The molecule has 1 aliphatic rings. The van der Waals surface area contributed by atoms with E-state index in [1.165, 1.54) is 0 Å². The fraction of sp³-hybridized carbons (Fsp3) is 0.923. The summed E-state index contributed by atoms with van der Waals surface area (Å²) >= 11 is 1.97. The largest absolute Gasteiger partial charge is 0.341 e. The van der Waals surface area contributed by atoms with Crippen LogP contribution in [0.3, 0.4) is 0 Å². The Labute approximate surface area is 109 Å². The van der Waals surface area contributed by atoms with Crippen LogP contribution in [0.4, 0.5) is 0 Å². The van der Waals surface area contributed by atoms with E-state index < -0.39 is 0 Å². The fourth-order valence-corrected chi connectivity index (χ4v) is 3.27. The Kier molecular flexibility index (Phi) is 6.34. The van der Waals surface area contributed by atoms with Crippen molar-refractivity contribution in [2.24, 2.45) is 5.73 Å². The van der Waals surface area contributed by atoms with Crippen LogP contribution in [0.25, 0.3) is 0 Å². The van der Waals surface area contributed by atoms with Crippen molar-refractivity contribution in [3.05, 3.63) is 0 Å². The Bertz CT molecular complexity index is 244. The standard InChI is InChI=1S/C13H26N2OS/c1-13(2)11-15(9-10-17-13)12(16)7-5-3-4-6-8-14/h3-11,14H2,1-2H3. The number of nitrogens with two attached hydrogens (primary N) is 1. The number of unbranched alkanes of at least 4 members (excludes halogenated alkanes) is 3. The van der Waals surface area contributed by atoms with Crippen molar-refractivity contribution < 1.29 is 4.79 Å². The molecule has 1 aliphatic heterocycles. The van der Waals surface area contributed by atoms with Gasteiger partial charge in [0, 0.05) is 30.0 Å². The highest BCUT2D eigenvalue weighted by Crippen LogP contribution is 2.29. The van der Waals surface area contributed by atoms with Gasteiger partial charge in [-0.2, -0.15) is 11.8 Å². The quantitative estimate of drug-likeness (QED) is 0.743. The number of carbonyl (C=O) groups excluding carboxylic acids is 1. The number of amides is 1. The monoisotopic (exact) mass is 258 g/mol. The Morgan fingerprint density at radius 1 is 1.29 bits per heavy atom. The number of rotatable bonds is 6. The molecule has 17 heavy (non-hydrogen) atoms. The van der Waals surface area contributed by atoms with E-state index in [0.29, 0.717) is 12.3 Å². The zero-order chi connectivity index (χ0) is 12.7. The molecule has 0 aromatic rings. The first-order valence-corrected chi connectivity index (χ1v) is 7.65. The lowest BCUT2D eigenvalue weighted by Crippen LogP contribution is -2.46. The first-order valence-electron chi connectivity index (χ1n) is 6.67. The summed E-state index contributed by atoms with van der Waals surface area (Å²) in [6.07, 6.45) is 5.11. The van der Waals surface area contributed by atoms with E-state index in [-0.39, 0.29) is 4.75 Å². The smallest absolute Gasteiger partial charge is 0.222 e. The SMILES string of the molecule is CC1(C)CN(C(=O)CCCCCCN)CCS1. The van der Waals surface area contributed by atoms with E-state index in [2.05, 4.69) is 13.8 Å². The molecule has 2 N–H and O–H groups in total. The summed E-state index contributed by atoms with van der Waals surface area (Å²) in [4.78, 5) is 14.1. The number of hydrogen-bond acceptors (Lipinski definition) is 3. The summed E-state index contributed by atoms with van der Waals surface area (Å²) < 4.78 is 0.230. The van der Waals surface area contributed by atoms with Crippen molar-refractivity contribution in [2.45, 2.75) is 50.7 Å². The van der Waals surface area contributed by atoms with Crippen LogP contribution in [0.5, 0.6) is 0 Å². The zero-order valence-corrected chi connectivity index (χ0v) is 12.0. The third-order valence-electron chi connectivity index (χ3n) is 3.12. The minimum Gasteiger partial charge on any atom is -0.341 e. The molecule has 0 unspecified atom stereocenters. The fourth-order valence-electron chi connectivity index (χ4n) is 2.16. The molecule has 0 bridgehead atoms. The van der Waals surface area contributed by atoms with Gasteiger partial charge in [-0.3, -0.25) is 4.79 Å². The van der Waals surface area contributed by atoms with E-state index >= 15 is 0 Å². The van der Waals surface area contributed by atoms with Gasteiger partial charge in [0.15, 0.2) is 0 Å². The molecule has 1 fully saturated rings. The molecule has 1 saturated heterocycles. The molecule has 0 saturated carbocycles. The highest BCUT2D eigenvalue weighted by Gasteiger charge is 2.29. The highest BCUT2D eigenvalue weighted by atomic mass is 32.2. The minimum absolute atomic E-state index is 0.230. The van der Waals surface area contributed by atoms with Crippen molar-refractivity contribution in [2.75, 3.05) is 25.4 Å². The molecule has 0 aromatic heterocycles. The topological polar surface area (TPSA) is 46.3 Å². The average Bonchev–Trinajstić information content (AvgIpc) is 2.27. The van der Waals surface area contributed by atoms with E-state index in [0.717, 1.165) is 51.1 Å². The molecule has 1 rings (SSSR count). The van der Waals surface area contributed by atoms with Gasteiger partial charge in [0.05, 0.1) is 0 Å². The molecular formula is C13H26N2OS. The molecular weight excluding hydrogens is 232 g/mol. The third kappa shape index (κ3) is 5.77. The molecule has 0 spiro atoms. The van der Waals surface area contributed by atoms with E-state index in [1.54, 1.807) is 0 Å². The van der Waals surface area contributed by atoms with Gasteiger partial charge in [0.2, 0.25) is 5.91 Å². The van der Waals surface area contributed by atoms with Gasteiger partial charge < -0.3 is 10.6 Å². The number of thioether (sulfide) groups is 1. The Morgan fingerprint density at radius 3 is 2.65 bits per heavy atom. The summed E-state index contributed by atoms with van der Waals surface area (Å²) in [5.41, 5.74) is 5.44. The van der Waals surface area contributed by atoms with Gasteiger partial charge in [-0.15, -0.1) is 0 Å². The lowest BCUT2D eigenvalue weighted by molar-refractivity contribution is -0.131. The second kappa shape index (κ2) is 7.27. The van der Waals surface area contributed by atoms with E-state index in [9.17, 15) is 4.79 Å². The van der Waals surface area contributed by atoms with Crippen molar-refractivity contribution in [1.82, 2.24) is 4.90 Å². The van der Waals surface area contributed by atoms with Gasteiger partial charge >= 0.3 is 0 Å². The molecule has 4 heteroatoms. The molecule has 100 valence electrons. The van der Waals surface area contributed by atoms with Crippen LogP contribution in [-0.2, 0) is 4.79 Å². The van der Waals surface area contributed by atoms with Crippen LogP contribution in [0.2, 0.25) is 0 Å². The maximum absolute atomic E-state index is 12.0. The van der Waals surface area contributed by atoms with Crippen LogP contribution >= 0.6 is 11.8 Å². The number of hydrogen-bond donors (Lipinski definition) is 1. The predicted molar refractivity (Wildman–Crippen MR) is 75.3 cm³/mol. The second-order valence-corrected chi connectivity index (χ2v) is 7.18. The minimum atomic E-state index is 0.230. The van der Waals surface area contributed by atoms with Crippen LogP contribution in [-0.4, -0.2) is 40.9 Å². The highest BCUT2D eigenvalue weighted by molar-refractivity contribution is 8.00. The van der Waals surface area contributed by atoms with Gasteiger partial charge in [0.1, 0.15) is 0 Å². The van der Waals surface area contributed by atoms with Gasteiger partial charge in [-0.05, 0) is 33.2 Å². The van der Waals surface area contributed by atoms with Crippen molar-refractivity contribution in [3.8, 4) is 0 Å². The first-order chi connectivity index (χ1) is 8.05. The van der Waals surface area contributed by atoms with Gasteiger partial charge in [0.25, 0.3) is 0 Å². The maximum Gasteiger partial charge on any atom is 0.222 e. The van der Waals surface area contributed by atoms with Crippen molar-refractivity contribution in [1.29, 1.82) is 0 Å². The summed E-state index contributed by atoms with van der Waals surface area (Å²) in [7, 11) is 0. The van der Waals surface area contributed by atoms with Crippen LogP contribution < -0.4 is 5.73 Å². The third-order valence-corrected chi connectivity index (χ3v) is 4.42. The molecule has 1 amide bonds. The van der Waals surface area contributed by atoms with E-state index in [1.807, 2.05) is 16.7 Å². The normalized spacial score (nSPS) is 19.4. The average molecular weight is 258 g/mol. The number of nitrogens with zero attached hydrogens (tertiary/aromatic N) is 1. The van der Waals surface area contributed by atoms with Gasteiger partial charge in [-0.25, -0.2) is 0 Å². The first kappa shape index (κ1) is 14.8. The summed E-state index contributed by atoms with van der Waals surface area (Å²) in [6.45, 7) is 7.04. The Morgan fingerprint density at radius 2 is 2.00 bits per heavy atom. The Balaban J connectivity index is 2.18. The summed E-state index contributed by atoms with van der Waals surface area (Å²) in [5, 5.41) is 0. The zero-order valence-electron chi connectivity index (χ0n) is 11.2. The second-order valence-electron chi connectivity index (χ2n) is 5.38. The summed E-state index contributed by atoms with van der Waals surface area (Å²) in [6, 6.07) is 0. The number of carbonyl (C=O) groups is 1. The molecule has 1 heterocycles. The lowest BCUT2D eigenvalue weighted by atomic mass is 10.1. The van der Waals surface area contributed by atoms with Crippen molar-refractivity contribution in [3.63, 3.8) is 0 Å². The lowest BCUT2D eigenvalue weighted by Gasteiger charge is -2.37. The Hall–Kier alpha value is -0.220. The van der Waals surface area contributed by atoms with Crippen LogP contribution in [0.1, 0.15) is 46.0 Å². The predicted octanol–water partition coefficient (Wildman–Crippen LogP) is 2.25. The molecule has 0 aromatic carbocycles. The summed E-state index contributed by atoms with van der Waals surface area (Å²) in [5.74, 6) is 1.41. The van der Waals surface area contributed by atoms with Crippen LogP contribution in [0, 0.1) is 0 Å².